The van der Waals surface area contributed by atoms with Gasteiger partial charge in [-0.25, -0.2) is 0 Å². The largest absolute Gasteiger partial charge is 0.508 e. The van der Waals surface area contributed by atoms with Crippen molar-refractivity contribution in [2.75, 3.05) is 7.11 Å². The van der Waals surface area contributed by atoms with Crippen LogP contribution in [0.5, 0.6) is 11.5 Å². The van der Waals surface area contributed by atoms with Gasteiger partial charge in [-0.15, -0.1) is 0 Å². The van der Waals surface area contributed by atoms with Crippen LogP contribution in [0.2, 0.25) is 0 Å². The molecule has 1 aliphatic rings. The van der Waals surface area contributed by atoms with Gasteiger partial charge in [0.05, 0.1) is 13.5 Å². The maximum absolute atomic E-state index is 11.8. The van der Waals surface area contributed by atoms with E-state index in [1.54, 1.807) is 6.92 Å². The first kappa shape index (κ1) is 11.4. The Bertz CT molecular complexity index is 494. The van der Waals surface area contributed by atoms with Gasteiger partial charge in [0.15, 0.2) is 0 Å². The molecule has 1 aromatic carbocycles. The molecule has 1 heterocycles. The van der Waals surface area contributed by atoms with E-state index in [-0.39, 0.29) is 12.2 Å². The van der Waals surface area contributed by atoms with Gasteiger partial charge in [-0.3, -0.25) is 9.59 Å². The number of carbonyl (C=O) groups excluding carboxylic acids is 2. The molecule has 5 nitrogen and oxygen atoms in total. The second-order valence-electron chi connectivity index (χ2n) is 4.15. The molecule has 0 saturated carbocycles. The van der Waals surface area contributed by atoms with Gasteiger partial charge in [0, 0.05) is 5.56 Å². The summed E-state index contributed by atoms with van der Waals surface area (Å²) in [6.07, 6.45) is -0.112. The minimum absolute atomic E-state index is 0.0261. The van der Waals surface area contributed by atoms with E-state index in [4.69, 9.17) is 4.74 Å². The maximum Gasteiger partial charge on any atom is 0.322 e. The molecule has 1 N–H and O–H groups in total. The van der Waals surface area contributed by atoms with Gasteiger partial charge in [0.1, 0.15) is 16.9 Å². The second-order valence-corrected chi connectivity index (χ2v) is 4.15. The molecular weight excluding hydrogens is 224 g/mol. The van der Waals surface area contributed by atoms with E-state index >= 15 is 0 Å². The molecule has 0 amide bonds. The van der Waals surface area contributed by atoms with Crippen molar-refractivity contribution in [3.05, 3.63) is 23.8 Å². The molecule has 0 saturated heterocycles. The average Bonchev–Trinajstić information content (AvgIpc) is 2.52. The van der Waals surface area contributed by atoms with Gasteiger partial charge in [0.25, 0.3) is 0 Å². The Labute approximate surface area is 98.0 Å². The fourth-order valence-electron chi connectivity index (χ4n) is 1.89. The molecule has 1 atom stereocenters. The van der Waals surface area contributed by atoms with Crippen molar-refractivity contribution in [3.8, 4) is 11.5 Å². The molecule has 0 fully saturated rings. The number of benzene rings is 1. The van der Waals surface area contributed by atoms with E-state index < -0.39 is 17.4 Å². The molecule has 1 aromatic rings. The van der Waals surface area contributed by atoms with Crippen LogP contribution in [0.3, 0.4) is 0 Å². The van der Waals surface area contributed by atoms with Crippen LogP contribution < -0.4 is 4.74 Å². The minimum atomic E-state index is -1.10. The van der Waals surface area contributed by atoms with Crippen LogP contribution in [0.25, 0.3) is 0 Å². The van der Waals surface area contributed by atoms with E-state index in [0.717, 1.165) is 0 Å². The highest BCUT2D eigenvalue weighted by atomic mass is 16.5. The zero-order valence-corrected chi connectivity index (χ0v) is 9.52. The van der Waals surface area contributed by atoms with Gasteiger partial charge in [-0.1, -0.05) is 0 Å². The molecule has 0 aliphatic carbocycles. The number of ether oxygens (including phenoxy) is 2. The summed E-state index contributed by atoms with van der Waals surface area (Å²) < 4.78 is 9.63. The third-order valence-corrected chi connectivity index (χ3v) is 2.94. The Morgan fingerprint density at radius 1 is 1.53 bits per heavy atom. The van der Waals surface area contributed by atoms with Crippen LogP contribution in [0.4, 0.5) is 0 Å². The zero-order valence-electron chi connectivity index (χ0n) is 9.52. The van der Waals surface area contributed by atoms with Crippen LogP contribution in [0, 0.1) is 0 Å². The normalized spacial score (nSPS) is 21.9. The first-order valence-corrected chi connectivity index (χ1v) is 5.10. The summed E-state index contributed by atoms with van der Waals surface area (Å²) >= 11 is 0. The van der Waals surface area contributed by atoms with Crippen LogP contribution in [-0.4, -0.2) is 24.2 Å². The lowest BCUT2D eigenvalue weighted by atomic mass is 9.81. The number of fused-ring (bicyclic) bond motifs is 1. The van der Waals surface area contributed by atoms with E-state index in [9.17, 15) is 14.7 Å². The molecule has 1 aliphatic heterocycles. The van der Waals surface area contributed by atoms with Crippen LogP contribution in [0.1, 0.15) is 18.9 Å². The fraction of sp³-hybridized carbons (Fsp3) is 0.333. The third kappa shape index (κ3) is 1.73. The number of phenols is 1. The molecule has 17 heavy (non-hydrogen) atoms. The van der Waals surface area contributed by atoms with Crippen LogP contribution in [0.15, 0.2) is 18.2 Å². The number of rotatable bonds is 2. The van der Waals surface area contributed by atoms with Crippen molar-refractivity contribution in [2.24, 2.45) is 0 Å². The lowest BCUT2D eigenvalue weighted by Crippen LogP contribution is -2.33. The summed E-state index contributed by atoms with van der Waals surface area (Å²) in [7, 11) is 1.26. The summed E-state index contributed by atoms with van der Waals surface area (Å²) in [4.78, 5) is 23.1. The predicted octanol–water partition coefficient (Wildman–Crippen LogP) is 1.13. The summed E-state index contributed by atoms with van der Waals surface area (Å²) in [6, 6.07) is 4.37. The van der Waals surface area contributed by atoms with Gasteiger partial charge in [-0.05, 0) is 25.1 Å². The number of hydrogen-bond acceptors (Lipinski definition) is 5. The summed E-state index contributed by atoms with van der Waals surface area (Å²) in [5.41, 5.74) is -0.589. The monoisotopic (exact) mass is 236 g/mol. The fourth-order valence-corrected chi connectivity index (χ4v) is 1.89. The van der Waals surface area contributed by atoms with E-state index in [1.807, 2.05) is 0 Å². The van der Waals surface area contributed by atoms with Crippen molar-refractivity contribution in [1.29, 1.82) is 0 Å². The van der Waals surface area contributed by atoms with Crippen molar-refractivity contribution >= 4 is 11.9 Å². The average molecular weight is 236 g/mol. The molecule has 0 unspecified atom stereocenters. The lowest BCUT2D eigenvalue weighted by Gasteiger charge is -2.18. The number of hydrogen-bond donors (Lipinski definition) is 1. The van der Waals surface area contributed by atoms with Crippen molar-refractivity contribution in [2.45, 2.75) is 18.8 Å². The molecule has 0 spiro atoms. The SMILES string of the molecule is COC(=O)C[C@@]1(C)C(=O)Oc2ccc(O)cc21. The molecule has 0 aromatic heterocycles. The van der Waals surface area contributed by atoms with Gasteiger partial charge >= 0.3 is 11.9 Å². The predicted molar refractivity (Wildman–Crippen MR) is 57.7 cm³/mol. The third-order valence-electron chi connectivity index (χ3n) is 2.94. The van der Waals surface area contributed by atoms with Crippen molar-refractivity contribution in [1.82, 2.24) is 0 Å². The highest BCUT2D eigenvalue weighted by molar-refractivity contribution is 5.94. The van der Waals surface area contributed by atoms with Crippen LogP contribution in [-0.2, 0) is 19.7 Å². The van der Waals surface area contributed by atoms with E-state index in [0.29, 0.717) is 11.3 Å². The Hall–Kier alpha value is -2.04. The van der Waals surface area contributed by atoms with E-state index in [2.05, 4.69) is 4.74 Å². The highest BCUT2D eigenvalue weighted by Crippen LogP contribution is 2.43. The smallest absolute Gasteiger partial charge is 0.322 e. The number of phenolic OH excluding ortho intramolecular Hbond substituents is 1. The summed E-state index contributed by atoms with van der Waals surface area (Å²) in [5.74, 6) is -0.610. The first-order chi connectivity index (χ1) is 7.97. The van der Waals surface area contributed by atoms with Crippen molar-refractivity contribution < 1.29 is 24.2 Å². The molecule has 5 heteroatoms. The number of aromatic hydroxyl groups is 1. The van der Waals surface area contributed by atoms with Gasteiger partial charge < -0.3 is 14.6 Å². The zero-order chi connectivity index (χ0) is 12.6. The Morgan fingerprint density at radius 2 is 2.24 bits per heavy atom. The standard InChI is InChI=1S/C12H12O5/c1-12(6-10(14)16-2)8-5-7(13)3-4-9(8)17-11(12)15/h3-5,13H,6H2,1-2H3/t12-/m1/s1. The number of carbonyl (C=O) groups is 2. The number of esters is 2. The molecule has 0 bridgehead atoms. The maximum atomic E-state index is 11.8. The Kier molecular flexibility index (Phi) is 2.53. The second kappa shape index (κ2) is 3.76. The summed E-state index contributed by atoms with van der Waals surface area (Å²) in [6.45, 7) is 1.59. The number of methoxy groups -OCH3 is 1. The molecular formula is C12H12O5. The minimum Gasteiger partial charge on any atom is -0.508 e. The first-order valence-electron chi connectivity index (χ1n) is 5.10. The topological polar surface area (TPSA) is 72.8 Å². The lowest BCUT2D eigenvalue weighted by molar-refractivity contribution is -0.148. The Morgan fingerprint density at radius 3 is 2.88 bits per heavy atom. The Balaban J connectivity index is 2.45. The molecule has 0 radical (unpaired) electrons. The molecule has 2 rings (SSSR count). The van der Waals surface area contributed by atoms with Crippen LogP contribution >= 0.6 is 0 Å². The quantitative estimate of drug-likeness (QED) is 0.615. The van der Waals surface area contributed by atoms with Gasteiger partial charge in [-0.2, -0.15) is 0 Å². The summed E-state index contributed by atoms with van der Waals surface area (Å²) in [5, 5.41) is 9.42. The molecule has 90 valence electrons. The highest BCUT2D eigenvalue weighted by Gasteiger charge is 2.47. The van der Waals surface area contributed by atoms with E-state index in [1.165, 1.54) is 25.3 Å². The van der Waals surface area contributed by atoms with Gasteiger partial charge in [0.2, 0.25) is 0 Å². The van der Waals surface area contributed by atoms with Crippen molar-refractivity contribution in [3.63, 3.8) is 0 Å².